The van der Waals surface area contributed by atoms with Gasteiger partial charge in [0.05, 0.1) is 10.6 Å². The summed E-state index contributed by atoms with van der Waals surface area (Å²) in [5.41, 5.74) is -1.05. The molecule has 0 saturated heterocycles. The minimum Gasteiger partial charge on any atom is -0.455 e. The number of hydrogen-bond donors (Lipinski definition) is 0. The molecule has 0 radical (unpaired) electrons. The lowest BCUT2D eigenvalue weighted by atomic mass is 10.2. The van der Waals surface area contributed by atoms with Crippen molar-refractivity contribution in [3.63, 3.8) is 0 Å². The molecule has 0 aliphatic heterocycles. The van der Waals surface area contributed by atoms with Gasteiger partial charge in [-0.15, -0.1) is 0 Å². The summed E-state index contributed by atoms with van der Waals surface area (Å²) in [4.78, 5) is 0. The molecule has 0 amide bonds. The molecule has 0 N–H and O–H groups in total. The molecule has 1 rings (SSSR count). The molecule has 0 fully saturated rings. The fourth-order valence-corrected chi connectivity index (χ4v) is 1.36. The number of rotatable bonds is 3. The molecule has 1 nitrogen and oxygen atoms in total. The maximum atomic E-state index is 13.0. The lowest BCUT2D eigenvalue weighted by Crippen LogP contribution is -2.06. The van der Waals surface area contributed by atoms with E-state index in [9.17, 15) is 17.6 Å². The molecule has 1 aromatic rings. The van der Waals surface area contributed by atoms with E-state index in [1.165, 1.54) is 13.0 Å². The summed E-state index contributed by atoms with van der Waals surface area (Å²) < 4.78 is 55.5. The lowest BCUT2D eigenvalue weighted by Gasteiger charge is -2.12. The molecule has 0 unspecified atom stereocenters. The Hall–Kier alpha value is -1.49. The van der Waals surface area contributed by atoms with Gasteiger partial charge in [-0.1, -0.05) is 18.2 Å². The summed E-state index contributed by atoms with van der Waals surface area (Å²) >= 11 is 5.42. The molecule has 6 heteroatoms. The molecule has 1 aromatic carbocycles. The number of benzene rings is 1. The second-order valence-electron chi connectivity index (χ2n) is 3.30. The predicted molar refractivity (Wildman–Crippen MR) is 61.1 cm³/mol. The van der Waals surface area contributed by atoms with E-state index < -0.39 is 22.6 Å². The lowest BCUT2D eigenvalue weighted by molar-refractivity contribution is -0.137. The van der Waals surface area contributed by atoms with Gasteiger partial charge in [0.2, 0.25) is 0 Å². The van der Waals surface area contributed by atoms with E-state index in [1.54, 1.807) is 0 Å². The molecule has 0 heterocycles. The summed E-state index contributed by atoms with van der Waals surface area (Å²) in [6, 6.07) is 2.92. The van der Waals surface area contributed by atoms with Gasteiger partial charge in [-0.2, -0.15) is 13.2 Å². The van der Waals surface area contributed by atoms with Crippen LogP contribution in [0.1, 0.15) is 12.5 Å². The molecule has 98 valence electrons. The van der Waals surface area contributed by atoms with Gasteiger partial charge in [0.15, 0.2) is 11.6 Å². The molecule has 0 spiro atoms. The molecule has 0 aromatic heterocycles. The highest BCUT2D eigenvalue weighted by atomic mass is 35.5. The highest BCUT2D eigenvalue weighted by Gasteiger charge is 2.33. The van der Waals surface area contributed by atoms with Crippen LogP contribution in [0.25, 0.3) is 0 Å². The van der Waals surface area contributed by atoms with Crippen molar-refractivity contribution in [2.24, 2.45) is 0 Å². The topological polar surface area (TPSA) is 9.23 Å². The first kappa shape index (κ1) is 14.6. The van der Waals surface area contributed by atoms with Crippen molar-refractivity contribution >= 4 is 11.6 Å². The number of allylic oxidation sites excluding steroid dienone is 2. The van der Waals surface area contributed by atoms with Gasteiger partial charge in [-0.05, 0) is 31.2 Å². The average molecular weight is 281 g/mol. The van der Waals surface area contributed by atoms with Gasteiger partial charge in [0, 0.05) is 0 Å². The zero-order valence-electron chi connectivity index (χ0n) is 9.31. The smallest absolute Gasteiger partial charge is 0.417 e. The van der Waals surface area contributed by atoms with E-state index >= 15 is 0 Å². The zero-order chi connectivity index (χ0) is 13.9. The third-order valence-corrected chi connectivity index (χ3v) is 2.33. The van der Waals surface area contributed by atoms with Crippen LogP contribution in [-0.2, 0) is 6.18 Å². The largest absolute Gasteiger partial charge is 0.455 e. The number of ether oxygens (including phenoxy) is 1. The monoisotopic (exact) mass is 280 g/mol. The second kappa shape index (κ2) is 5.44. The second-order valence-corrected chi connectivity index (χ2v) is 3.71. The molecular weight excluding hydrogens is 272 g/mol. The summed E-state index contributed by atoms with van der Waals surface area (Å²) in [5.74, 6) is -1.31. The Labute approximate surface area is 106 Å². The van der Waals surface area contributed by atoms with Gasteiger partial charge in [-0.25, -0.2) is 4.39 Å². The number of alkyl halides is 3. The summed E-state index contributed by atoms with van der Waals surface area (Å²) in [7, 11) is 0. The summed E-state index contributed by atoms with van der Waals surface area (Å²) in [5, 5.41) is -0.452. The Morgan fingerprint density at radius 3 is 2.50 bits per heavy atom. The van der Waals surface area contributed by atoms with Crippen LogP contribution >= 0.6 is 11.6 Å². The normalized spacial score (nSPS) is 12.4. The van der Waals surface area contributed by atoms with E-state index in [0.29, 0.717) is 6.07 Å². The van der Waals surface area contributed by atoms with Gasteiger partial charge in [0.1, 0.15) is 5.75 Å². The first-order valence-electron chi connectivity index (χ1n) is 4.81. The van der Waals surface area contributed by atoms with Crippen molar-refractivity contribution in [2.45, 2.75) is 13.1 Å². The fourth-order valence-electron chi connectivity index (χ4n) is 1.14. The summed E-state index contributed by atoms with van der Waals surface area (Å²) in [6.45, 7) is 4.66. The molecule has 0 aliphatic rings. The standard InChI is InChI=1S/C12H9ClF4O/c1-3-11(14)7(2)18-8-4-5-10(13)9(6-8)12(15,16)17/h3-6H,2H2,1H3/b11-3+. The molecule has 0 aliphatic carbocycles. The highest BCUT2D eigenvalue weighted by molar-refractivity contribution is 6.31. The van der Waals surface area contributed by atoms with E-state index in [2.05, 4.69) is 6.58 Å². The Morgan fingerprint density at radius 2 is 2.00 bits per heavy atom. The first-order valence-corrected chi connectivity index (χ1v) is 5.19. The summed E-state index contributed by atoms with van der Waals surface area (Å²) in [6.07, 6.45) is -3.51. The van der Waals surface area contributed by atoms with E-state index in [-0.39, 0.29) is 11.5 Å². The van der Waals surface area contributed by atoms with Gasteiger partial charge in [-0.3, -0.25) is 0 Å². The van der Waals surface area contributed by atoms with E-state index in [4.69, 9.17) is 16.3 Å². The molecule has 18 heavy (non-hydrogen) atoms. The van der Waals surface area contributed by atoms with Crippen LogP contribution in [0, 0.1) is 0 Å². The number of hydrogen-bond acceptors (Lipinski definition) is 1. The maximum absolute atomic E-state index is 13.0. The van der Waals surface area contributed by atoms with Gasteiger partial charge in [0.25, 0.3) is 0 Å². The van der Waals surface area contributed by atoms with Crippen molar-refractivity contribution in [3.8, 4) is 5.75 Å². The number of halogens is 5. The molecule has 0 bridgehead atoms. The quantitative estimate of drug-likeness (QED) is 0.424. The zero-order valence-corrected chi connectivity index (χ0v) is 10.1. The Kier molecular flexibility index (Phi) is 4.40. The Bertz CT molecular complexity index is 491. The molecule has 0 atom stereocenters. The Balaban J connectivity index is 3.03. The van der Waals surface area contributed by atoms with E-state index in [1.807, 2.05) is 0 Å². The third kappa shape index (κ3) is 3.50. The SMILES string of the molecule is C=C(Oc1ccc(Cl)c(C(F)(F)F)c1)/C(F)=C\C. The first-order chi connectivity index (χ1) is 8.25. The minimum absolute atomic E-state index is 0.186. The molecular formula is C12H9ClF4O. The van der Waals surface area contributed by atoms with Crippen molar-refractivity contribution in [1.82, 2.24) is 0 Å². The molecule has 0 saturated carbocycles. The van der Waals surface area contributed by atoms with E-state index in [0.717, 1.165) is 12.1 Å². The highest BCUT2D eigenvalue weighted by Crippen LogP contribution is 2.37. The predicted octanol–water partition coefficient (Wildman–Crippen LogP) is 5.12. The third-order valence-electron chi connectivity index (χ3n) is 2.00. The van der Waals surface area contributed by atoms with Crippen LogP contribution in [0.15, 0.2) is 42.4 Å². The van der Waals surface area contributed by atoms with Crippen molar-refractivity contribution in [2.75, 3.05) is 0 Å². The van der Waals surface area contributed by atoms with Crippen LogP contribution < -0.4 is 4.74 Å². The fraction of sp³-hybridized carbons (Fsp3) is 0.167. The van der Waals surface area contributed by atoms with Crippen LogP contribution in [-0.4, -0.2) is 0 Å². The maximum Gasteiger partial charge on any atom is 0.417 e. The van der Waals surface area contributed by atoms with Gasteiger partial charge < -0.3 is 4.74 Å². The van der Waals surface area contributed by atoms with Crippen LogP contribution in [0.2, 0.25) is 5.02 Å². The van der Waals surface area contributed by atoms with Crippen LogP contribution in [0.5, 0.6) is 5.75 Å². The Morgan fingerprint density at radius 1 is 1.39 bits per heavy atom. The van der Waals surface area contributed by atoms with Crippen LogP contribution in [0.4, 0.5) is 17.6 Å². The average Bonchev–Trinajstić information content (AvgIpc) is 2.29. The van der Waals surface area contributed by atoms with Gasteiger partial charge >= 0.3 is 6.18 Å². The van der Waals surface area contributed by atoms with Crippen molar-refractivity contribution in [3.05, 3.63) is 53.0 Å². The van der Waals surface area contributed by atoms with Crippen molar-refractivity contribution < 1.29 is 22.3 Å². The van der Waals surface area contributed by atoms with Crippen molar-refractivity contribution in [1.29, 1.82) is 0 Å². The van der Waals surface area contributed by atoms with Crippen LogP contribution in [0.3, 0.4) is 0 Å². The minimum atomic E-state index is -4.60.